The van der Waals surface area contributed by atoms with Gasteiger partial charge in [0.2, 0.25) is 5.91 Å². The van der Waals surface area contributed by atoms with Crippen LogP contribution in [-0.2, 0) is 4.79 Å². The van der Waals surface area contributed by atoms with Gasteiger partial charge in [0.25, 0.3) is 5.91 Å². The van der Waals surface area contributed by atoms with Crippen molar-refractivity contribution in [2.75, 3.05) is 11.9 Å². The molecule has 1 N–H and O–H groups in total. The zero-order valence-electron chi connectivity index (χ0n) is 14.7. The normalized spacial score (nSPS) is 16.1. The molecule has 6 heteroatoms. The fraction of sp³-hybridized carbons (Fsp3) is 0.0909. The summed E-state index contributed by atoms with van der Waals surface area (Å²) in [6.07, 6.45) is 0. The minimum atomic E-state index is -0.417. The number of nitrogens with zero attached hydrogens (tertiary/aromatic N) is 1. The monoisotopic (exact) mass is 454 g/mol. The van der Waals surface area contributed by atoms with Crippen molar-refractivity contribution in [3.63, 3.8) is 0 Å². The predicted molar refractivity (Wildman–Crippen MR) is 114 cm³/mol. The van der Waals surface area contributed by atoms with Crippen LogP contribution in [0.2, 0.25) is 5.02 Å². The number of anilines is 1. The van der Waals surface area contributed by atoms with Gasteiger partial charge < -0.3 is 10.2 Å². The Morgan fingerprint density at radius 1 is 1.04 bits per heavy atom. The molecule has 28 heavy (non-hydrogen) atoms. The highest BCUT2D eigenvalue weighted by Crippen LogP contribution is 2.38. The summed E-state index contributed by atoms with van der Waals surface area (Å²) in [5, 5.41) is 3.39. The SMILES string of the molecule is O=C1CN(C(=O)c2cccc(Cl)c2)[C@H](c2ccccc2)c2cc(Br)ccc2N1. The summed E-state index contributed by atoms with van der Waals surface area (Å²) < 4.78 is 0.874. The van der Waals surface area contributed by atoms with Gasteiger partial charge in [-0.3, -0.25) is 9.59 Å². The number of carbonyl (C=O) groups excluding carboxylic acids is 2. The molecule has 3 aromatic carbocycles. The number of benzene rings is 3. The van der Waals surface area contributed by atoms with Crippen LogP contribution in [0.15, 0.2) is 77.3 Å². The molecule has 1 aliphatic rings. The zero-order chi connectivity index (χ0) is 19.7. The number of hydrogen-bond acceptors (Lipinski definition) is 2. The lowest BCUT2D eigenvalue weighted by molar-refractivity contribution is -0.117. The molecule has 0 radical (unpaired) electrons. The summed E-state index contributed by atoms with van der Waals surface area (Å²) in [6, 6.07) is 21.7. The lowest BCUT2D eigenvalue weighted by Gasteiger charge is -2.30. The lowest BCUT2D eigenvalue weighted by Crippen LogP contribution is -2.39. The molecule has 3 aromatic rings. The van der Waals surface area contributed by atoms with Crippen molar-refractivity contribution in [2.45, 2.75) is 6.04 Å². The Hall–Kier alpha value is -2.63. The Kier molecular flexibility index (Phi) is 5.20. The number of halogens is 2. The molecule has 0 bridgehead atoms. The number of nitrogens with one attached hydrogen (secondary N) is 1. The summed E-state index contributed by atoms with van der Waals surface area (Å²) in [5.74, 6) is -0.489. The van der Waals surface area contributed by atoms with Crippen molar-refractivity contribution in [3.05, 3.63) is 99.0 Å². The Labute approximate surface area is 176 Å². The van der Waals surface area contributed by atoms with Gasteiger partial charge in [0.1, 0.15) is 6.54 Å². The van der Waals surface area contributed by atoms with Crippen LogP contribution in [0.4, 0.5) is 5.69 Å². The third-order valence-electron chi connectivity index (χ3n) is 4.66. The van der Waals surface area contributed by atoms with Gasteiger partial charge in [-0.1, -0.05) is 63.9 Å². The van der Waals surface area contributed by atoms with E-state index in [2.05, 4.69) is 21.2 Å². The summed E-state index contributed by atoms with van der Waals surface area (Å²) in [6.45, 7) is -0.0583. The van der Waals surface area contributed by atoms with Gasteiger partial charge in [-0.2, -0.15) is 0 Å². The van der Waals surface area contributed by atoms with Gasteiger partial charge in [-0.05, 0) is 42.0 Å². The maximum absolute atomic E-state index is 13.4. The highest BCUT2D eigenvalue weighted by Gasteiger charge is 2.34. The second-order valence-corrected chi connectivity index (χ2v) is 7.89. The second kappa shape index (κ2) is 7.78. The van der Waals surface area contributed by atoms with Crippen LogP contribution in [0.1, 0.15) is 27.5 Å². The molecule has 0 aromatic heterocycles. The minimum absolute atomic E-state index is 0.0583. The van der Waals surface area contributed by atoms with Gasteiger partial charge in [0.05, 0.1) is 6.04 Å². The molecule has 1 atom stereocenters. The largest absolute Gasteiger partial charge is 0.324 e. The van der Waals surface area contributed by atoms with E-state index in [1.54, 1.807) is 29.2 Å². The zero-order valence-corrected chi connectivity index (χ0v) is 17.1. The van der Waals surface area contributed by atoms with E-state index in [9.17, 15) is 9.59 Å². The maximum atomic E-state index is 13.4. The van der Waals surface area contributed by atoms with Crippen LogP contribution >= 0.6 is 27.5 Å². The van der Waals surface area contributed by atoms with Gasteiger partial charge in [-0.15, -0.1) is 0 Å². The Bertz CT molecular complexity index is 1060. The quantitative estimate of drug-likeness (QED) is 0.571. The molecule has 4 rings (SSSR count). The van der Waals surface area contributed by atoms with E-state index in [4.69, 9.17) is 11.6 Å². The first-order chi connectivity index (χ1) is 13.5. The first-order valence-electron chi connectivity index (χ1n) is 8.74. The molecule has 0 saturated carbocycles. The van der Waals surface area contributed by atoms with E-state index in [0.29, 0.717) is 16.3 Å². The van der Waals surface area contributed by atoms with Gasteiger partial charge in [0, 0.05) is 26.3 Å². The average Bonchev–Trinajstić information content (AvgIpc) is 2.83. The summed E-state index contributed by atoms with van der Waals surface area (Å²) in [4.78, 5) is 27.6. The minimum Gasteiger partial charge on any atom is -0.324 e. The molecule has 0 unspecified atom stereocenters. The van der Waals surface area contributed by atoms with Crippen molar-refractivity contribution in [1.29, 1.82) is 0 Å². The van der Waals surface area contributed by atoms with Gasteiger partial charge >= 0.3 is 0 Å². The van der Waals surface area contributed by atoms with Crippen molar-refractivity contribution >= 4 is 45.0 Å². The third kappa shape index (κ3) is 3.68. The van der Waals surface area contributed by atoms with Gasteiger partial charge in [0.15, 0.2) is 0 Å². The average molecular weight is 456 g/mol. The lowest BCUT2D eigenvalue weighted by atomic mass is 9.95. The van der Waals surface area contributed by atoms with E-state index in [1.807, 2.05) is 48.5 Å². The number of hydrogen-bond donors (Lipinski definition) is 1. The van der Waals surface area contributed by atoms with E-state index in [1.165, 1.54) is 0 Å². The van der Waals surface area contributed by atoms with Crippen molar-refractivity contribution in [2.24, 2.45) is 0 Å². The molecule has 140 valence electrons. The molecule has 4 nitrogen and oxygen atoms in total. The molecular formula is C22H16BrClN2O2. The van der Waals surface area contributed by atoms with E-state index >= 15 is 0 Å². The van der Waals surface area contributed by atoms with E-state index in [0.717, 1.165) is 15.6 Å². The fourth-order valence-corrected chi connectivity index (χ4v) is 4.02. The summed E-state index contributed by atoms with van der Waals surface area (Å²) in [5.41, 5.74) is 2.92. The van der Waals surface area contributed by atoms with E-state index in [-0.39, 0.29) is 18.4 Å². The maximum Gasteiger partial charge on any atom is 0.255 e. The fourth-order valence-electron chi connectivity index (χ4n) is 3.45. The Morgan fingerprint density at radius 3 is 2.57 bits per heavy atom. The number of rotatable bonds is 2. The molecule has 1 heterocycles. The Morgan fingerprint density at radius 2 is 1.82 bits per heavy atom. The molecule has 0 fully saturated rings. The number of fused-ring (bicyclic) bond motifs is 1. The molecule has 0 saturated heterocycles. The van der Waals surface area contributed by atoms with Crippen LogP contribution in [0, 0.1) is 0 Å². The van der Waals surface area contributed by atoms with E-state index < -0.39 is 6.04 Å². The number of amides is 2. The van der Waals surface area contributed by atoms with Gasteiger partial charge in [-0.25, -0.2) is 0 Å². The first kappa shape index (κ1) is 18.7. The van der Waals surface area contributed by atoms with Crippen molar-refractivity contribution < 1.29 is 9.59 Å². The second-order valence-electron chi connectivity index (χ2n) is 6.54. The number of carbonyl (C=O) groups is 2. The van der Waals surface area contributed by atoms with Crippen LogP contribution < -0.4 is 5.32 Å². The van der Waals surface area contributed by atoms with Crippen LogP contribution in [-0.4, -0.2) is 23.3 Å². The molecule has 0 spiro atoms. The molecule has 1 aliphatic heterocycles. The topological polar surface area (TPSA) is 49.4 Å². The predicted octanol–water partition coefficient (Wildman–Crippen LogP) is 5.29. The summed E-state index contributed by atoms with van der Waals surface area (Å²) in [7, 11) is 0. The molecule has 0 aliphatic carbocycles. The van der Waals surface area contributed by atoms with Crippen LogP contribution in [0.25, 0.3) is 0 Å². The smallest absolute Gasteiger partial charge is 0.255 e. The summed E-state index contributed by atoms with van der Waals surface area (Å²) >= 11 is 9.60. The molecule has 2 amide bonds. The highest BCUT2D eigenvalue weighted by atomic mass is 79.9. The Balaban J connectivity index is 1.89. The highest BCUT2D eigenvalue weighted by molar-refractivity contribution is 9.10. The van der Waals surface area contributed by atoms with Crippen LogP contribution in [0.3, 0.4) is 0 Å². The van der Waals surface area contributed by atoms with Crippen molar-refractivity contribution in [3.8, 4) is 0 Å². The first-order valence-corrected chi connectivity index (χ1v) is 9.91. The standard InChI is InChI=1S/C22H16BrClN2O2/c23-16-9-10-19-18(12-16)21(14-5-2-1-3-6-14)26(13-20(27)25-19)22(28)15-7-4-8-17(24)11-15/h1-12,21H,13H2,(H,25,27)/t21-/m1/s1. The third-order valence-corrected chi connectivity index (χ3v) is 5.38. The molecular weight excluding hydrogens is 440 g/mol. The van der Waals surface area contributed by atoms with Crippen LogP contribution in [0.5, 0.6) is 0 Å². The van der Waals surface area contributed by atoms with Crippen molar-refractivity contribution in [1.82, 2.24) is 4.90 Å².